The largest absolute Gasteiger partial charge is 0.477 e. The Labute approximate surface area is 139 Å². The first kappa shape index (κ1) is 16.7. The minimum Gasteiger partial charge on any atom is -0.477 e. The first-order valence-corrected chi connectivity index (χ1v) is 8.82. The Morgan fingerprint density at radius 2 is 1.96 bits per heavy atom. The first-order chi connectivity index (χ1) is 11.4. The first-order valence-electron chi connectivity index (χ1n) is 7.38. The van der Waals surface area contributed by atoms with E-state index in [1.807, 2.05) is 0 Å². The zero-order valence-corrected chi connectivity index (χ0v) is 14.4. The van der Waals surface area contributed by atoms with Crippen molar-refractivity contribution in [2.24, 2.45) is 0 Å². The molecule has 1 aliphatic heterocycles. The fourth-order valence-corrected chi connectivity index (χ4v) is 4.45. The van der Waals surface area contributed by atoms with Crippen LogP contribution in [0.1, 0.15) is 17.9 Å². The molecule has 130 valence electrons. The van der Waals surface area contributed by atoms with Crippen LogP contribution in [0.5, 0.6) is 11.8 Å². The Bertz CT molecular complexity index is 816. The Morgan fingerprint density at radius 1 is 1.25 bits per heavy atom. The normalized spacial score (nSPS) is 18.7. The summed E-state index contributed by atoms with van der Waals surface area (Å²) in [6.45, 7) is 3.75. The monoisotopic (exact) mass is 354 g/mol. The van der Waals surface area contributed by atoms with Crippen molar-refractivity contribution >= 4 is 10.0 Å². The van der Waals surface area contributed by atoms with E-state index in [2.05, 4.69) is 15.1 Å². The molecule has 0 spiro atoms. The SMILES string of the molecule is COc1nccnc1OC1CCN(S(=O)(=O)c2c(C)noc2C)C1. The molecule has 1 aliphatic rings. The van der Waals surface area contributed by atoms with Gasteiger partial charge in [0.25, 0.3) is 11.8 Å². The van der Waals surface area contributed by atoms with Gasteiger partial charge in [-0.1, -0.05) is 5.16 Å². The molecule has 3 heterocycles. The Kier molecular flexibility index (Phi) is 4.41. The van der Waals surface area contributed by atoms with Gasteiger partial charge in [0, 0.05) is 18.9 Å². The van der Waals surface area contributed by atoms with Crippen LogP contribution in [0.3, 0.4) is 0 Å². The summed E-state index contributed by atoms with van der Waals surface area (Å²) in [4.78, 5) is 8.21. The fourth-order valence-electron chi connectivity index (χ4n) is 2.68. The Morgan fingerprint density at radius 3 is 2.58 bits per heavy atom. The summed E-state index contributed by atoms with van der Waals surface area (Å²) in [6.07, 6.45) is 3.20. The van der Waals surface area contributed by atoms with Gasteiger partial charge < -0.3 is 14.0 Å². The summed E-state index contributed by atoms with van der Waals surface area (Å²) in [6, 6.07) is 0. The maximum absolute atomic E-state index is 12.8. The van der Waals surface area contributed by atoms with E-state index in [-0.39, 0.29) is 35.1 Å². The van der Waals surface area contributed by atoms with Crippen molar-refractivity contribution in [2.45, 2.75) is 31.3 Å². The molecule has 0 amide bonds. The van der Waals surface area contributed by atoms with E-state index in [1.165, 1.54) is 23.8 Å². The van der Waals surface area contributed by atoms with Crippen molar-refractivity contribution < 1.29 is 22.4 Å². The molecule has 0 saturated carbocycles. The van der Waals surface area contributed by atoms with Crippen molar-refractivity contribution in [3.8, 4) is 11.8 Å². The lowest BCUT2D eigenvalue weighted by molar-refractivity contribution is 0.194. The second kappa shape index (κ2) is 6.36. The third-order valence-electron chi connectivity index (χ3n) is 3.78. The number of sulfonamides is 1. The van der Waals surface area contributed by atoms with E-state index in [0.717, 1.165) is 0 Å². The number of hydrogen-bond donors (Lipinski definition) is 0. The van der Waals surface area contributed by atoms with Crippen LogP contribution in [-0.4, -0.2) is 54.2 Å². The molecule has 0 radical (unpaired) electrons. The van der Waals surface area contributed by atoms with Crippen LogP contribution in [0.4, 0.5) is 0 Å². The maximum atomic E-state index is 12.8. The molecular weight excluding hydrogens is 336 g/mol. The quantitative estimate of drug-likeness (QED) is 0.780. The number of aromatic nitrogens is 3. The van der Waals surface area contributed by atoms with Crippen molar-refractivity contribution in [3.63, 3.8) is 0 Å². The Balaban J connectivity index is 1.76. The van der Waals surface area contributed by atoms with Gasteiger partial charge >= 0.3 is 0 Å². The number of rotatable bonds is 5. The van der Waals surface area contributed by atoms with Gasteiger partial charge in [-0.15, -0.1) is 0 Å². The highest BCUT2D eigenvalue weighted by molar-refractivity contribution is 7.89. The summed E-state index contributed by atoms with van der Waals surface area (Å²) in [7, 11) is -2.20. The Hall–Kier alpha value is -2.20. The lowest BCUT2D eigenvalue weighted by Crippen LogP contribution is -2.31. The standard InChI is InChI=1S/C14H18N4O5S/c1-9-12(10(2)23-17-9)24(19,20)18-7-4-11(8-18)22-14-13(21-3)15-5-6-16-14/h5-6,11H,4,7-8H2,1-3H3. The summed E-state index contributed by atoms with van der Waals surface area (Å²) in [5.74, 6) is 0.804. The van der Waals surface area contributed by atoms with Crippen LogP contribution in [-0.2, 0) is 10.0 Å². The number of nitrogens with zero attached hydrogens (tertiary/aromatic N) is 4. The van der Waals surface area contributed by atoms with Gasteiger partial charge in [0.15, 0.2) is 5.76 Å². The van der Waals surface area contributed by atoms with E-state index in [0.29, 0.717) is 18.7 Å². The van der Waals surface area contributed by atoms with E-state index in [9.17, 15) is 8.42 Å². The summed E-state index contributed by atoms with van der Waals surface area (Å²) in [5, 5.41) is 3.72. The van der Waals surface area contributed by atoms with E-state index in [1.54, 1.807) is 13.8 Å². The minimum absolute atomic E-state index is 0.125. The van der Waals surface area contributed by atoms with E-state index < -0.39 is 10.0 Å². The molecule has 1 fully saturated rings. The summed E-state index contributed by atoms with van der Waals surface area (Å²) in [5.41, 5.74) is 0.354. The second-order valence-electron chi connectivity index (χ2n) is 5.42. The molecule has 9 nitrogen and oxygen atoms in total. The molecule has 24 heavy (non-hydrogen) atoms. The summed E-state index contributed by atoms with van der Waals surface area (Å²) >= 11 is 0. The molecule has 2 aromatic rings. The van der Waals surface area contributed by atoms with Crippen LogP contribution in [0.25, 0.3) is 0 Å². The molecule has 0 aromatic carbocycles. The highest BCUT2D eigenvalue weighted by Crippen LogP contribution is 2.29. The van der Waals surface area contributed by atoms with Crippen LogP contribution >= 0.6 is 0 Å². The second-order valence-corrected chi connectivity index (χ2v) is 7.29. The topological polar surface area (TPSA) is 108 Å². The van der Waals surface area contributed by atoms with Gasteiger partial charge in [-0.2, -0.15) is 4.31 Å². The number of aryl methyl sites for hydroxylation is 2. The molecule has 3 rings (SSSR count). The molecule has 0 N–H and O–H groups in total. The molecule has 1 unspecified atom stereocenters. The highest BCUT2D eigenvalue weighted by Gasteiger charge is 2.37. The van der Waals surface area contributed by atoms with Crippen molar-refractivity contribution in [1.82, 2.24) is 19.4 Å². The van der Waals surface area contributed by atoms with Crippen molar-refractivity contribution in [3.05, 3.63) is 23.8 Å². The molecule has 2 aromatic heterocycles. The lowest BCUT2D eigenvalue weighted by Gasteiger charge is -2.17. The van der Waals surface area contributed by atoms with Crippen molar-refractivity contribution in [2.75, 3.05) is 20.2 Å². The minimum atomic E-state index is -3.67. The molecule has 0 aliphatic carbocycles. The van der Waals surface area contributed by atoms with Crippen LogP contribution in [0, 0.1) is 13.8 Å². The number of ether oxygens (including phenoxy) is 2. The fraction of sp³-hybridized carbons (Fsp3) is 0.500. The molecular formula is C14H18N4O5S. The highest BCUT2D eigenvalue weighted by atomic mass is 32.2. The number of methoxy groups -OCH3 is 1. The predicted molar refractivity (Wildman–Crippen MR) is 82.4 cm³/mol. The third-order valence-corrected chi connectivity index (χ3v) is 5.89. The van der Waals surface area contributed by atoms with Gasteiger partial charge in [0.05, 0.1) is 13.7 Å². The predicted octanol–water partition coefficient (Wildman–Crippen LogP) is 0.932. The molecule has 1 atom stereocenters. The van der Waals surface area contributed by atoms with Crippen LogP contribution in [0.2, 0.25) is 0 Å². The smallest absolute Gasteiger partial charge is 0.278 e. The zero-order chi connectivity index (χ0) is 17.3. The molecule has 10 heteroatoms. The van der Waals surface area contributed by atoms with Gasteiger partial charge in [0.2, 0.25) is 10.0 Å². The average Bonchev–Trinajstić information content (AvgIpc) is 3.15. The van der Waals surface area contributed by atoms with Crippen molar-refractivity contribution in [1.29, 1.82) is 0 Å². The van der Waals surface area contributed by atoms with Gasteiger partial charge in [0.1, 0.15) is 16.7 Å². The third kappa shape index (κ3) is 2.94. The van der Waals surface area contributed by atoms with Gasteiger partial charge in [-0.3, -0.25) is 0 Å². The summed E-state index contributed by atoms with van der Waals surface area (Å²) < 4.78 is 42.7. The number of hydrogen-bond acceptors (Lipinski definition) is 8. The van der Waals surface area contributed by atoms with E-state index >= 15 is 0 Å². The molecule has 1 saturated heterocycles. The molecule has 0 bridgehead atoms. The van der Waals surface area contributed by atoms with Gasteiger partial charge in [-0.05, 0) is 20.3 Å². The zero-order valence-electron chi connectivity index (χ0n) is 13.6. The maximum Gasteiger partial charge on any atom is 0.278 e. The van der Waals surface area contributed by atoms with E-state index in [4.69, 9.17) is 14.0 Å². The lowest BCUT2D eigenvalue weighted by atomic mass is 10.3. The van der Waals surface area contributed by atoms with Crippen LogP contribution in [0.15, 0.2) is 21.8 Å². The van der Waals surface area contributed by atoms with Gasteiger partial charge in [-0.25, -0.2) is 18.4 Å². The average molecular weight is 354 g/mol. The van der Waals surface area contributed by atoms with Crippen LogP contribution < -0.4 is 9.47 Å².